The van der Waals surface area contributed by atoms with Gasteiger partial charge in [-0.25, -0.2) is 13.8 Å². The predicted octanol–water partition coefficient (Wildman–Crippen LogP) is 1.80. The van der Waals surface area contributed by atoms with Crippen molar-refractivity contribution in [2.45, 2.75) is 6.43 Å². The molecule has 2 aromatic rings. The van der Waals surface area contributed by atoms with E-state index in [9.17, 15) is 8.78 Å². The molecule has 2 aromatic heterocycles. The number of rotatable bonds is 2. The van der Waals surface area contributed by atoms with Crippen molar-refractivity contribution in [3.05, 3.63) is 30.5 Å². The molecule has 0 amide bonds. The highest BCUT2D eigenvalue weighted by Gasteiger charge is 2.14. The number of nitrogens with one attached hydrogen (secondary N) is 1. The number of imidazole rings is 1. The summed E-state index contributed by atoms with van der Waals surface area (Å²) in [6, 6.07) is 1.26. The lowest BCUT2D eigenvalue weighted by molar-refractivity contribution is 0.145. The molecule has 0 aliphatic heterocycles. The molecular weight excluding hydrogens is 248 g/mol. The van der Waals surface area contributed by atoms with Gasteiger partial charge in [0.25, 0.3) is 6.43 Å². The molecule has 0 unspecified atom stereocenters. The summed E-state index contributed by atoms with van der Waals surface area (Å²) in [6.07, 6.45) is 2.14. The summed E-state index contributed by atoms with van der Waals surface area (Å²) < 4.78 is 27.7. The number of nitrogens with zero attached hydrogens (tertiary/aromatic N) is 4. The Hall–Kier alpha value is -1.83. The normalized spacial score (nSPS) is 10.8. The van der Waals surface area contributed by atoms with Gasteiger partial charge in [0.2, 0.25) is 0 Å². The van der Waals surface area contributed by atoms with Crippen LogP contribution in [0.5, 0.6) is 0 Å². The van der Waals surface area contributed by atoms with Gasteiger partial charge in [-0.05, 0) is 12.2 Å². The zero-order valence-electron chi connectivity index (χ0n) is 8.84. The third-order valence-corrected chi connectivity index (χ3v) is 2.41. The summed E-state index contributed by atoms with van der Waals surface area (Å²) in [6.45, 7) is 0. The van der Waals surface area contributed by atoms with E-state index in [2.05, 4.69) is 15.4 Å². The first-order valence-corrected chi connectivity index (χ1v) is 5.10. The Balaban J connectivity index is 2.16. The van der Waals surface area contributed by atoms with Gasteiger partial charge in [-0.1, -0.05) is 0 Å². The monoisotopic (exact) mass is 257 g/mol. The second kappa shape index (κ2) is 4.58. The van der Waals surface area contributed by atoms with Crippen molar-refractivity contribution in [3.8, 4) is 0 Å². The molecule has 0 aromatic carbocycles. The smallest absolute Gasteiger partial charge is 0.282 e. The minimum Gasteiger partial charge on any atom is -0.317 e. The molecule has 0 radical (unpaired) electrons. The van der Waals surface area contributed by atoms with Crippen molar-refractivity contribution >= 4 is 23.1 Å². The van der Waals surface area contributed by atoms with Crippen molar-refractivity contribution in [1.29, 1.82) is 0 Å². The maximum absolute atomic E-state index is 12.4. The summed E-state index contributed by atoms with van der Waals surface area (Å²) in [4.78, 5) is 3.83. The Morgan fingerprint density at radius 1 is 1.53 bits per heavy atom. The first kappa shape index (κ1) is 11.6. The predicted molar refractivity (Wildman–Crippen MR) is 62.0 cm³/mol. The standard InChI is InChI=1S/C9H9F2N5S/c1-15-7(4-6(14-15)8(10)11)13-9(17)16-3-2-12-5-16/h2-5,8H,1H3,(H,13,17). The fraction of sp³-hybridized carbons (Fsp3) is 0.222. The van der Waals surface area contributed by atoms with Crippen molar-refractivity contribution in [3.63, 3.8) is 0 Å². The summed E-state index contributed by atoms with van der Waals surface area (Å²) in [5.74, 6) is 0.402. The molecule has 17 heavy (non-hydrogen) atoms. The largest absolute Gasteiger partial charge is 0.317 e. The van der Waals surface area contributed by atoms with Gasteiger partial charge in [0.05, 0.1) is 0 Å². The van der Waals surface area contributed by atoms with Gasteiger partial charge < -0.3 is 5.32 Å². The van der Waals surface area contributed by atoms with Crippen LogP contribution in [0.2, 0.25) is 0 Å². The van der Waals surface area contributed by atoms with Crippen LogP contribution < -0.4 is 5.32 Å². The highest BCUT2D eigenvalue weighted by Crippen LogP contribution is 2.20. The van der Waals surface area contributed by atoms with Crippen LogP contribution in [-0.4, -0.2) is 24.4 Å². The fourth-order valence-corrected chi connectivity index (χ4v) is 1.48. The van der Waals surface area contributed by atoms with E-state index in [1.165, 1.54) is 17.1 Å². The lowest BCUT2D eigenvalue weighted by Crippen LogP contribution is -2.19. The molecule has 8 heteroatoms. The topological polar surface area (TPSA) is 47.7 Å². The fourth-order valence-electron chi connectivity index (χ4n) is 1.27. The Kier molecular flexibility index (Phi) is 3.14. The third kappa shape index (κ3) is 2.47. The minimum atomic E-state index is -2.60. The molecular formula is C9H9F2N5S. The highest BCUT2D eigenvalue weighted by atomic mass is 32.1. The average Bonchev–Trinajstić information content (AvgIpc) is 2.88. The van der Waals surface area contributed by atoms with Crippen molar-refractivity contribution in [2.75, 3.05) is 5.32 Å². The molecule has 1 N–H and O–H groups in total. The highest BCUT2D eigenvalue weighted by molar-refractivity contribution is 7.80. The summed E-state index contributed by atoms with van der Waals surface area (Å²) in [5, 5.41) is 6.81. The molecule has 0 spiro atoms. The molecule has 2 heterocycles. The third-order valence-electron chi connectivity index (χ3n) is 2.10. The minimum absolute atomic E-state index is 0.288. The molecule has 2 rings (SSSR count). The van der Waals surface area contributed by atoms with Crippen molar-refractivity contribution in [2.24, 2.45) is 7.05 Å². The SMILES string of the molecule is Cn1nc(C(F)F)cc1NC(=S)n1ccnc1. The number of anilines is 1. The first-order valence-electron chi connectivity index (χ1n) is 4.69. The summed E-state index contributed by atoms with van der Waals surface area (Å²) in [7, 11) is 1.56. The number of aromatic nitrogens is 4. The lowest BCUT2D eigenvalue weighted by atomic mass is 10.4. The van der Waals surface area contributed by atoms with Crippen LogP contribution in [0.3, 0.4) is 0 Å². The van der Waals surface area contributed by atoms with Crippen LogP contribution in [0, 0.1) is 0 Å². The average molecular weight is 257 g/mol. The quantitative estimate of drug-likeness (QED) is 0.833. The summed E-state index contributed by atoms with van der Waals surface area (Å²) in [5.41, 5.74) is -0.288. The second-order valence-electron chi connectivity index (χ2n) is 3.28. The van der Waals surface area contributed by atoms with Crippen LogP contribution >= 0.6 is 12.2 Å². The molecule has 0 fully saturated rings. The van der Waals surface area contributed by atoms with Crippen LogP contribution in [0.4, 0.5) is 14.6 Å². The van der Waals surface area contributed by atoms with Gasteiger partial charge >= 0.3 is 0 Å². The Morgan fingerprint density at radius 2 is 2.29 bits per heavy atom. The van der Waals surface area contributed by atoms with Gasteiger partial charge in [-0.15, -0.1) is 0 Å². The number of alkyl halides is 2. The van der Waals surface area contributed by atoms with Crippen LogP contribution in [0.1, 0.15) is 12.1 Å². The molecule has 0 aliphatic rings. The molecule has 0 saturated heterocycles. The van der Waals surface area contributed by atoms with E-state index in [1.54, 1.807) is 24.0 Å². The number of halogens is 2. The van der Waals surface area contributed by atoms with Gasteiger partial charge in [0.1, 0.15) is 17.8 Å². The van der Waals surface area contributed by atoms with Crippen LogP contribution in [0.15, 0.2) is 24.8 Å². The number of aryl methyl sites for hydroxylation is 1. The Labute approximate surface area is 101 Å². The van der Waals surface area contributed by atoms with Gasteiger partial charge in [-0.3, -0.25) is 9.25 Å². The molecule has 0 aliphatic carbocycles. The van der Waals surface area contributed by atoms with Gasteiger partial charge in [0.15, 0.2) is 5.11 Å². The zero-order valence-corrected chi connectivity index (χ0v) is 9.66. The van der Waals surface area contributed by atoms with E-state index >= 15 is 0 Å². The van der Waals surface area contributed by atoms with E-state index in [4.69, 9.17) is 12.2 Å². The summed E-state index contributed by atoms with van der Waals surface area (Å²) >= 11 is 5.07. The number of hydrogen-bond acceptors (Lipinski definition) is 3. The Morgan fingerprint density at radius 3 is 2.82 bits per heavy atom. The van der Waals surface area contributed by atoms with Crippen molar-refractivity contribution in [1.82, 2.24) is 19.3 Å². The maximum Gasteiger partial charge on any atom is 0.282 e. The zero-order chi connectivity index (χ0) is 12.4. The van der Waals surface area contributed by atoms with E-state index in [0.29, 0.717) is 10.9 Å². The van der Waals surface area contributed by atoms with E-state index < -0.39 is 6.43 Å². The van der Waals surface area contributed by atoms with Gasteiger partial charge in [0, 0.05) is 25.5 Å². The van der Waals surface area contributed by atoms with Crippen LogP contribution in [0.25, 0.3) is 0 Å². The molecule has 0 bridgehead atoms. The lowest BCUT2D eigenvalue weighted by Gasteiger charge is -2.07. The molecule has 5 nitrogen and oxygen atoms in total. The van der Waals surface area contributed by atoms with E-state index in [0.717, 1.165) is 0 Å². The van der Waals surface area contributed by atoms with E-state index in [1.807, 2.05) is 0 Å². The second-order valence-corrected chi connectivity index (χ2v) is 3.67. The Bertz CT molecular complexity index is 519. The van der Waals surface area contributed by atoms with Gasteiger partial charge in [-0.2, -0.15) is 5.10 Å². The van der Waals surface area contributed by atoms with E-state index in [-0.39, 0.29) is 5.69 Å². The maximum atomic E-state index is 12.4. The molecule has 0 saturated carbocycles. The van der Waals surface area contributed by atoms with Crippen LogP contribution in [-0.2, 0) is 7.05 Å². The molecule has 0 atom stereocenters. The van der Waals surface area contributed by atoms with Crippen molar-refractivity contribution < 1.29 is 8.78 Å². The first-order chi connectivity index (χ1) is 8.08. The number of hydrogen-bond donors (Lipinski definition) is 1. The number of thiocarbonyl (C=S) groups is 1. The molecule has 90 valence electrons.